The Morgan fingerprint density at radius 3 is 1.95 bits per heavy atom. The molecule has 0 atom stereocenters. The number of benzene rings is 4. The van der Waals surface area contributed by atoms with Crippen molar-refractivity contribution >= 4 is 17.9 Å². The van der Waals surface area contributed by atoms with E-state index in [1.165, 1.54) is 22.3 Å². The number of amides is 1. The Kier molecular flexibility index (Phi) is 10.1. The molecule has 0 N–H and O–H groups in total. The van der Waals surface area contributed by atoms with E-state index in [2.05, 4.69) is 102 Å². The van der Waals surface area contributed by atoms with Gasteiger partial charge >= 0.3 is 0 Å². The van der Waals surface area contributed by atoms with Crippen LogP contribution >= 0.6 is 11.9 Å². The highest BCUT2D eigenvalue weighted by atomic mass is 32.2. The van der Waals surface area contributed by atoms with Crippen LogP contribution in [0.4, 0.5) is 0 Å². The number of aryl methyl sites for hydroxylation is 2. The summed E-state index contributed by atoms with van der Waals surface area (Å²) < 4.78 is 8.12. The second-order valence-corrected chi connectivity index (χ2v) is 11.7. The van der Waals surface area contributed by atoms with Gasteiger partial charge in [-0.3, -0.25) is 9.69 Å². The summed E-state index contributed by atoms with van der Waals surface area (Å²) in [4.78, 5) is 19.2. The molecule has 6 heteroatoms. The molecule has 0 unspecified atom stereocenters. The fourth-order valence-electron chi connectivity index (χ4n) is 5.22. The maximum absolute atomic E-state index is 13.6. The van der Waals surface area contributed by atoms with Gasteiger partial charge in [-0.1, -0.05) is 84.9 Å². The fraction of sp³-hybridized carbons (Fsp3) is 0.286. The van der Waals surface area contributed by atoms with Gasteiger partial charge in [0.15, 0.2) is 0 Å². The highest BCUT2D eigenvalue weighted by Gasteiger charge is 2.29. The van der Waals surface area contributed by atoms with E-state index in [-0.39, 0.29) is 11.9 Å². The lowest BCUT2D eigenvalue weighted by Crippen LogP contribution is -2.51. The zero-order chi connectivity index (χ0) is 28.4. The molecular weight excluding hydrogens is 526 g/mol. The predicted molar refractivity (Wildman–Crippen MR) is 168 cm³/mol. The summed E-state index contributed by atoms with van der Waals surface area (Å²) in [5.74, 6) is 1.01. The van der Waals surface area contributed by atoms with Gasteiger partial charge in [-0.2, -0.15) is 0 Å². The molecule has 1 heterocycles. The van der Waals surface area contributed by atoms with Crippen molar-refractivity contribution in [3.63, 3.8) is 0 Å². The van der Waals surface area contributed by atoms with Gasteiger partial charge in [-0.25, -0.2) is 4.31 Å². The Morgan fingerprint density at radius 2 is 1.37 bits per heavy atom. The van der Waals surface area contributed by atoms with Crippen LogP contribution in [0.2, 0.25) is 0 Å². The zero-order valence-electron chi connectivity index (χ0n) is 24.0. The molecule has 0 spiro atoms. The van der Waals surface area contributed by atoms with Crippen LogP contribution in [-0.4, -0.2) is 65.9 Å². The topological polar surface area (TPSA) is 36.0 Å². The standard InChI is InChI=1S/C35H39N3O2S/c1-28-18-19-33(26-29(28)2)41-38(24-25-40-32-16-10-5-11-17-32)27-34(39)36-20-22-37(23-21-36)35(30-12-6-3-7-13-30)31-14-8-4-9-15-31/h3-19,26,35H,20-25,27H2,1-2H3. The largest absolute Gasteiger partial charge is 0.492 e. The van der Waals surface area contributed by atoms with Crippen molar-refractivity contribution in [1.82, 2.24) is 14.1 Å². The van der Waals surface area contributed by atoms with Gasteiger partial charge in [-0.05, 0) is 72.3 Å². The van der Waals surface area contributed by atoms with E-state index in [0.717, 1.165) is 36.8 Å². The quantitative estimate of drug-likeness (QED) is 0.191. The average molecular weight is 566 g/mol. The van der Waals surface area contributed by atoms with Gasteiger partial charge in [-0.15, -0.1) is 0 Å². The number of ether oxygens (including phenoxy) is 1. The van der Waals surface area contributed by atoms with Gasteiger partial charge in [0, 0.05) is 37.6 Å². The minimum Gasteiger partial charge on any atom is -0.492 e. The minimum absolute atomic E-state index is 0.164. The first kappa shape index (κ1) is 28.9. The lowest BCUT2D eigenvalue weighted by Gasteiger charge is -2.40. The van der Waals surface area contributed by atoms with Gasteiger partial charge in [0.2, 0.25) is 5.91 Å². The van der Waals surface area contributed by atoms with Crippen molar-refractivity contribution in [3.05, 3.63) is 131 Å². The summed E-state index contributed by atoms with van der Waals surface area (Å²) in [6.07, 6.45) is 0. The molecule has 0 saturated carbocycles. The first-order valence-corrected chi connectivity index (χ1v) is 15.1. The van der Waals surface area contributed by atoms with Crippen LogP contribution in [0.25, 0.3) is 0 Å². The molecule has 1 aliphatic rings. The third-order valence-corrected chi connectivity index (χ3v) is 8.67. The first-order valence-electron chi connectivity index (χ1n) is 14.4. The summed E-state index contributed by atoms with van der Waals surface area (Å²) in [5, 5.41) is 0. The van der Waals surface area contributed by atoms with E-state index < -0.39 is 0 Å². The second-order valence-electron chi connectivity index (χ2n) is 10.5. The van der Waals surface area contributed by atoms with Crippen molar-refractivity contribution < 1.29 is 9.53 Å². The van der Waals surface area contributed by atoms with Crippen LogP contribution in [0.3, 0.4) is 0 Å². The Balaban J connectivity index is 1.22. The van der Waals surface area contributed by atoms with E-state index in [9.17, 15) is 4.79 Å². The molecule has 0 bridgehead atoms. The Morgan fingerprint density at radius 1 is 0.780 bits per heavy atom. The number of rotatable bonds is 11. The van der Waals surface area contributed by atoms with E-state index in [1.807, 2.05) is 35.2 Å². The van der Waals surface area contributed by atoms with Crippen LogP contribution in [0.1, 0.15) is 28.3 Å². The van der Waals surface area contributed by atoms with Crippen molar-refractivity contribution in [2.75, 3.05) is 45.9 Å². The monoisotopic (exact) mass is 565 g/mol. The fourth-order valence-corrected chi connectivity index (χ4v) is 6.22. The summed E-state index contributed by atoms with van der Waals surface area (Å²) in [7, 11) is 0. The molecule has 4 aromatic carbocycles. The van der Waals surface area contributed by atoms with Gasteiger partial charge < -0.3 is 9.64 Å². The highest BCUT2D eigenvalue weighted by molar-refractivity contribution is 7.97. The van der Waals surface area contributed by atoms with Crippen molar-refractivity contribution in [1.29, 1.82) is 0 Å². The normalized spacial score (nSPS) is 14.0. The molecule has 1 amide bonds. The van der Waals surface area contributed by atoms with E-state index in [1.54, 1.807) is 11.9 Å². The predicted octanol–water partition coefficient (Wildman–Crippen LogP) is 6.63. The molecule has 41 heavy (non-hydrogen) atoms. The Bertz CT molecular complexity index is 1340. The molecule has 5 rings (SSSR count). The number of hydrogen-bond donors (Lipinski definition) is 0. The number of piperazine rings is 1. The van der Waals surface area contributed by atoms with Gasteiger partial charge in [0.05, 0.1) is 12.6 Å². The number of carbonyl (C=O) groups excluding carboxylic acids is 1. The molecule has 0 radical (unpaired) electrons. The van der Waals surface area contributed by atoms with Crippen LogP contribution < -0.4 is 4.74 Å². The average Bonchev–Trinajstić information content (AvgIpc) is 3.01. The molecule has 212 valence electrons. The molecular formula is C35H39N3O2S. The number of hydrogen-bond acceptors (Lipinski definition) is 5. The minimum atomic E-state index is 0.164. The zero-order valence-corrected chi connectivity index (χ0v) is 24.8. The van der Waals surface area contributed by atoms with Crippen LogP contribution in [0.5, 0.6) is 5.75 Å². The van der Waals surface area contributed by atoms with E-state index in [4.69, 9.17) is 4.74 Å². The maximum Gasteiger partial charge on any atom is 0.237 e. The van der Waals surface area contributed by atoms with Crippen LogP contribution in [0, 0.1) is 13.8 Å². The van der Waals surface area contributed by atoms with Gasteiger partial charge in [0.1, 0.15) is 12.4 Å². The maximum atomic E-state index is 13.6. The third-order valence-electron chi connectivity index (χ3n) is 7.64. The summed E-state index contributed by atoms with van der Waals surface area (Å²) in [5.41, 5.74) is 5.09. The first-order chi connectivity index (χ1) is 20.1. The molecule has 0 aromatic heterocycles. The number of para-hydroxylation sites is 1. The molecule has 1 saturated heterocycles. The lowest BCUT2D eigenvalue weighted by atomic mass is 9.96. The lowest BCUT2D eigenvalue weighted by molar-refractivity contribution is -0.133. The summed E-state index contributed by atoms with van der Waals surface area (Å²) >= 11 is 1.63. The summed E-state index contributed by atoms with van der Waals surface area (Å²) in [6, 6.07) is 37.9. The Labute approximate surface area is 248 Å². The molecule has 5 nitrogen and oxygen atoms in total. The molecule has 0 aliphatic carbocycles. The molecule has 1 fully saturated rings. The second kappa shape index (κ2) is 14.4. The third kappa shape index (κ3) is 8.00. The molecule has 4 aromatic rings. The van der Waals surface area contributed by atoms with Crippen LogP contribution in [0.15, 0.2) is 114 Å². The van der Waals surface area contributed by atoms with Gasteiger partial charge in [0.25, 0.3) is 0 Å². The van der Waals surface area contributed by atoms with Crippen molar-refractivity contribution in [2.24, 2.45) is 0 Å². The van der Waals surface area contributed by atoms with Crippen molar-refractivity contribution in [2.45, 2.75) is 24.8 Å². The SMILES string of the molecule is Cc1ccc(SN(CCOc2ccccc2)CC(=O)N2CCN(C(c3ccccc3)c3ccccc3)CC2)cc1C. The number of nitrogens with zero attached hydrogens (tertiary/aromatic N) is 3. The van der Waals surface area contributed by atoms with E-state index in [0.29, 0.717) is 19.7 Å². The highest BCUT2D eigenvalue weighted by Crippen LogP contribution is 2.30. The number of carbonyl (C=O) groups is 1. The van der Waals surface area contributed by atoms with Crippen molar-refractivity contribution in [3.8, 4) is 5.75 Å². The summed E-state index contributed by atoms with van der Waals surface area (Å²) in [6.45, 7) is 8.86. The van der Waals surface area contributed by atoms with E-state index >= 15 is 0 Å². The van der Waals surface area contributed by atoms with Crippen LogP contribution in [-0.2, 0) is 4.79 Å². The Hall–Kier alpha value is -3.58. The smallest absolute Gasteiger partial charge is 0.237 e. The molecule has 1 aliphatic heterocycles.